The van der Waals surface area contributed by atoms with E-state index in [4.69, 9.17) is 16.7 Å². The molecule has 0 amide bonds. The molecule has 2 aromatic rings. The Morgan fingerprint density at radius 3 is 2.35 bits per heavy atom. The van der Waals surface area contributed by atoms with Gasteiger partial charge in [0.2, 0.25) is 0 Å². The van der Waals surface area contributed by atoms with Gasteiger partial charge in [0.25, 0.3) is 5.69 Å². The zero-order valence-corrected chi connectivity index (χ0v) is 11.5. The number of hydrogen-bond donors (Lipinski definition) is 1. The number of halogens is 1. The third-order valence-electron chi connectivity index (χ3n) is 2.45. The van der Waals surface area contributed by atoms with Crippen molar-refractivity contribution in [3.8, 4) is 0 Å². The van der Waals surface area contributed by atoms with E-state index in [2.05, 4.69) is 0 Å². The highest BCUT2D eigenvalue weighted by Gasteiger charge is 2.09. The Bertz CT molecular complexity index is 673. The molecule has 20 heavy (non-hydrogen) atoms. The zero-order valence-electron chi connectivity index (χ0n) is 9.95. The third kappa shape index (κ3) is 3.28. The van der Waals surface area contributed by atoms with E-state index in [0.29, 0.717) is 9.92 Å². The molecule has 2 rings (SSSR count). The van der Waals surface area contributed by atoms with Gasteiger partial charge in [0.15, 0.2) is 0 Å². The molecule has 1 N–H and O–H groups in total. The van der Waals surface area contributed by atoms with Gasteiger partial charge in [-0.3, -0.25) is 10.1 Å². The summed E-state index contributed by atoms with van der Waals surface area (Å²) >= 11 is 7.32. The summed E-state index contributed by atoms with van der Waals surface area (Å²) in [6, 6.07) is 10.5. The van der Waals surface area contributed by atoms with Crippen LogP contribution in [0.2, 0.25) is 5.02 Å². The lowest BCUT2D eigenvalue weighted by atomic mass is 10.2. The second-order valence-electron chi connectivity index (χ2n) is 3.80. The quantitative estimate of drug-likeness (QED) is 0.679. The van der Waals surface area contributed by atoms with E-state index in [9.17, 15) is 14.9 Å². The first kappa shape index (κ1) is 14.4. The van der Waals surface area contributed by atoms with Gasteiger partial charge >= 0.3 is 5.97 Å². The van der Waals surface area contributed by atoms with E-state index in [1.807, 2.05) is 0 Å². The fourth-order valence-electron chi connectivity index (χ4n) is 1.48. The number of rotatable bonds is 4. The molecule has 0 aliphatic carbocycles. The molecule has 5 nitrogen and oxygen atoms in total. The number of benzene rings is 2. The minimum Gasteiger partial charge on any atom is -0.478 e. The van der Waals surface area contributed by atoms with Gasteiger partial charge in [-0.15, -0.1) is 0 Å². The summed E-state index contributed by atoms with van der Waals surface area (Å²) in [6.07, 6.45) is 0. The van der Waals surface area contributed by atoms with Crippen molar-refractivity contribution in [3.63, 3.8) is 0 Å². The van der Waals surface area contributed by atoms with Crippen molar-refractivity contribution in [1.29, 1.82) is 0 Å². The molecule has 0 aliphatic rings. The van der Waals surface area contributed by atoms with Crippen molar-refractivity contribution in [2.24, 2.45) is 0 Å². The molecular weight excluding hydrogens is 302 g/mol. The Morgan fingerprint density at radius 2 is 1.85 bits per heavy atom. The maximum absolute atomic E-state index is 10.8. The smallest absolute Gasteiger partial charge is 0.335 e. The molecule has 0 saturated heterocycles. The highest BCUT2D eigenvalue weighted by Crippen LogP contribution is 2.34. The van der Waals surface area contributed by atoms with E-state index in [-0.39, 0.29) is 11.3 Å². The minimum absolute atomic E-state index is 0.0154. The van der Waals surface area contributed by atoms with Gasteiger partial charge in [0.1, 0.15) is 0 Å². The topological polar surface area (TPSA) is 80.4 Å². The van der Waals surface area contributed by atoms with E-state index >= 15 is 0 Å². The molecule has 0 fully saturated rings. The maximum Gasteiger partial charge on any atom is 0.335 e. The van der Waals surface area contributed by atoms with Crippen LogP contribution >= 0.6 is 23.4 Å². The van der Waals surface area contributed by atoms with Gasteiger partial charge in [-0.1, -0.05) is 23.4 Å². The van der Waals surface area contributed by atoms with Crippen LogP contribution in [0.4, 0.5) is 5.69 Å². The Kier molecular flexibility index (Phi) is 4.26. The predicted molar refractivity (Wildman–Crippen MR) is 75.6 cm³/mol. The lowest BCUT2D eigenvalue weighted by Gasteiger charge is -2.05. The van der Waals surface area contributed by atoms with Gasteiger partial charge in [-0.05, 0) is 30.3 Å². The summed E-state index contributed by atoms with van der Waals surface area (Å²) in [5.41, 5.74) is 0.129. The molecular formula is C13H8ClNO4S. The molecule has 0 aliphatic heterocycles. The number of nitrogens with zero attached hydrogens (tertiary/aromatic N) is 1. The van der Waals surface area contributed by atoms with Crippen LogP contribution in [0, 0.1) is 10.1 Å². The number of carbonyl (C=O) groups is 1. The van der Waals surface area contributed by atoms with Gasteiger partial charge in [0, 0.05) is 21.9 Å². The summed E-state index contributed by atoms with van der Waals surface area (Å²) in [7, 11) is 0. The van der Waals surface area contributed by atoms with E-state index in [0.717, 1.165) is 4.90 Å². The summed E-state index contributed by atoms with van der Waals surface area (Å²) < 4.78 is 0. The van der Waals surface area contributed by atoms with Crippen LogP contribution in [0.25, 0.3) is 0 Å². The van der Waals surface area contributed by atoms with Crippen molar-refractivity contribution in [2.75, 3.05) is 0 Å². The first-order chi connectivity index (χ1) is 9.47. The van der Waals surface area contributed by atoms with Gasteiger partial charge in [-0.25, -0.2) is 4.79 Å². The van der Waals surface area contributed by atoms with Crippen molar-refractivity contribution in [3.05, 3.63) is 63.2 Å². The Morgan fingerprint density at radius 1 is 1.20 bits per heavy atom. The van der Waals surface area contributed by atoms with Crippen LogP contribution in [-0.2, 0) is 0 Å². The van der Waals surface area contributed by atoms with Gasteiger partial charge in [0.05, 0.1) is 15.5 Å². The Labute approximate surface area is 123 Å². The highest BCUT2D eigenvalue weighted by molar-refractivity contribution is 7.99. The number of carboxylic acid groups (broad SMARTS) is 1. The first-order valence-corrected chi connectivity index (χ1v) is 6.62. The number of hydrogen-bond acceptors (Lipinski definition) is 4. The summed E-state index contributed by atoms with van der Waals surface area (Å²) in [5.74, 6) is -1.04. The molecule has 0 bridgehead atoms. The molecule has 0 saturated carbocycles. The van der Waals surface area contributed by atoms with Crippen LogP contribution in [0.3, 0.4) is 0 Å². The molecule has 0 unspecified atom stereocenters. The summed E-state index contributed by atoms with van der Waals surface area (Å²) in [4.78, 5) is 22.3. The zero-order chi connectivity index (χ0) is 14.7. The average molecular weight is 310 g/mol. The van der Waals surface area contributed by atoms with Crippen LogP contribution in [-0.4, -0.2) is 16.0 Å². The molecule has 0 atom stereocenters. The number of nitro benzene ring substituents is 1. The number of non-ortho nitro benzene ring substituents is 1. The van der Waals surface area contributed by atoms with Crippen molar-refractivity contribution < 1.29 is 14.8 Å². The number of nitro groups is 1. The van der Waals surface area contributed by atoms with E-state index in [1.165, 1.54) is 36.0 Å². The fourth-order valence-corrected chi connectivity index (χ4v) is 2.59. The second kappa shape index (κ2) is 5.94. The lowest BCUT2D eigenvalue weighted by Crippen LogP contribution is -1.95. The Balaban J connectivity index is 2.21. The van der Waals surface area contributed by atoms with Gasteiger partial charge in [-0.2, -0.15) is 0 Å². The molecule has 7 heteroatoms. The molecule has 0 radical (unpaired) electrons. The van der Waals surface area contributed by atoms with E-state index < -0.39 is 10.9 Å². The molecule has 102 valence electrons. The highest BCUT2D eigenvalue weighted by atomic mass is 35.5. The molecule has 0 heterocycles. The molecule has 0 aromatic heterocycles. The van der Waals surface area contributed by atoms with Crippen molar-refractivity contribution in [2.45, 2.75) is 9.79 Å². The lowest BCUT2D eigenvalue weighted by molar-refractivity contribution is -0.384. The largest absolute Gasteiger partial charge is 0.478 e. The molecule has 0 spiro atoms. The third-order valence-corrected chi connectivity index (χ3v) is 3.96. The maximum atomic E-state index is 10.8. The Hall–Kier alpha value is -2.05. The van der Waals surface area contributed by atoms with Crippen LogP contribution < -0.4 is 0 Å². The van der Waals surface area contributed by atoms with Crippen LogP contribution in [0.15, 0.2) is 52.3 Å². The van der Waals surface area contributed by atoms with Crippen molar-refractivity contribution in [1.82, 2.24) is 0 Å². The molecule has 2 aromatic carbocycles. The normalized spacial score (nSPS) is 10.2. The first-order valence-electron chi connectivity index (χ1n) is 5.42. The average Bonchev–Trinajstić information content (AvgIpc) is 2.41. The monoisotopic (exact) mass is 309 g/mol. The van der Waals surface area contributed by atoms with E-state index in [1.54, 1.807) is 18.2 Å². The summed E-state index contributed by atoms with van der Waals surface area (Å²) in [6.45, 7) is 0. The minimum atomic E-state index is -1.04. The van der Waals surface area contributed by atoms with Crippen LogP contribution in [0.5, 0.6) is 0 Å². The second-order valence-corrected chi connectivity index (χ2v) is 5.33. The SMILES string of the molecule is O=C(O)c1ccc(Sc2ccc([N+](=O)[O-])cc2)c(Cl)c1. The van der Waals surface area contributed by atoms with Crippen molar-refractivity contribution >= 4 is 35.0 Å². The summed E-state index contributed by atoms with van der Waals surface area (Å²) in [5, 5.41) is 19.7. The van der Waals surface area contributed by atoms with Gasteiger partial charge < -0.3 is 5.11 Å². The number of carboxylic acids is 1. The fraction of sp³-hybridized carbons (Fsp3) is 0. The number of aromatic carboxylic acids is 1. The van der Waals surface area contributed by atoms with Crippen LogP contribution in [0.1, 0.15) is 10.4 Å². The predicted octanol–water partition coefficient (Wildman–Crippen LogP) is 4.10. The standard InChI is InChI=1S/C13H8ClNO4S/c14-11-7-8(13(16)17)1-6-12(11)20-10-4-2-9(3-5-10)15(18)19/h1-7H,(H,16,17).